The van der Waals surface area contributed by atoms with Gasteiger partial charge in [0, 0.05) is 18.6 Å². The fourth-order valence-corrected chi connectivity index (χ4v) is 3.68. The van der Waals surface area contributed by atoms with Gasteiger partial charge in [-0.05, 0) is 45.9 Å². The molecule has 0 amide bonds. The van der Waals surface area contributed by atoms with Crippen LogP contribution in [0.5, 0.6) is 0 Å². The van der Waals surface area contributed by atoms with Crippen LogP contribution >= 0.6 is 8.73 Å². The molecule has 2 rings (SSSR count). The summed E-state index contributed by atoms with van der Waals surface area (Å²) in [6.45, 7) is 6.30. The minimum absolute atomic E-state index is 0.592. The quantitative estimate of drug-likeness (QED) is 0.617. The average molecular weight is 214 g/mol. The van der Waals surface area contributed by atoms with Crippen molar-refractivity contribution in [3.63, 3.8) is 0 Å². The van der Waals surface area contributed by atoms with E-state index in [0.717, 1.165) is 8.73 Å². The van der Waals surface area contributed by atoms with Crippen LogP contribution in [0, 0.1) is 0 Å². The summed E-state index contributed by atoms with van der Waals surface area (Å²) in [6, 6.07) is 0. The molecule has 1 atom stereocenters. The molecule has 0 radical (unpaired) electrons. The topological polar surface area (TPSA) is 6.48 Å². The third-order valence-corrected chi connectivity index (χ3v) is 5.29. The average Bonchev–Trinajstić information content (AvgIpc) is 2.24. The lowest BCUT2D eigenvalue weighted by Crippen LogP contribution is -2.54. The molecule has 0 bridgehead atoms. The molecule has 2 nitrogen and oxygen atoms in total. The van der Waals surface area contributed by atoms with Crippen LogP contribution in [0.15, 0.2) is 0 Å². The SMILES string of the molecule is CPN1CCC2(CCCCN2C)CC1. The standard InChI is InChI=1S/C11H23N2P/c1-12-8-4-3-5-11(12)6-9-13(14-2)10-7-11/h14H,3-10H2,1-2H3. The van der Waals surface area contributed by atoms with Crippen LogP contribution in [0.2, 0.25) is 0 Å². The second kappa shape index (κ2) is 4.47. The summed E-state index contributed by atoms with van der Waals surface area (Å²) in [4.78, 5) is 2.65. The second-order valence-electron chi connectivity index (χ2n) is 4.81. The zero-order valence-electron chi connectivity index (χ0n) is 9.55. The molecule has 1 unspecified atom stereocenters. The van der Waals surface area contributed by atoms with Crippen LogP contribution in [0.1, 0.15) is 32.1 Å². The molecule has 2 fully saturated rings. The minimum atomic E-state index is 0.592. The zero-order valence-corrected chi connectivity index (χ0v) is 10.6. The van der Waals surface area contributed by atoms with Gasteiger partial charge in [-0.15, -0.1) is 0 Å². The molecular formula is C11H23N2P. The molecule has 82 valence electrons. The highest BCUT2D eigenvalue weighted by atomic mass is 31.1. The molecule has 2 aliphatic heterocycles. The van der Waals surface area contributed by atoms with Gasteiger partial charge in [0.1, 0.15) is 0 Å². The van der Waals surface area contributed by atoms with Gasteiger partial charge in [-0.2, -0.15) is 0 Å². The van der Waals surface area contributed by atoms with Crippen molar-refractivity contribution in [2.75, 3.05) is 33.3 Å². The van der Waals surface area contributed by atoms with Gasteiger partial charge in [-0.3, -0.25) is 4.67 Å². The third-order valence-electron chi connectivity index (χ3n) is 4.21. The summed E-state index contributed by atoms with van der Waals surface area (Å²) >= 11 is 0. The number of rotatable bonds is 1. The molecule has 0 aromatic carbocycles. The van der Waals surface area contributed by atoms with E-state index in [4.69, 9.17) is 0 Å². The highest BCUT2D eigenvalue weighted by molar-refractivity contribution is 7.34. The Morgan fingerprint density at radius 2 is 1.71 bits per heavy atom. The lowest BCUT2D eigenvalue weighted by atomic mass is 9.79. The summed E-state index contributed by atoms with van der Waals surface area (Å²) in [5.41, 5.74) is 0.592. The van der Waals surface area contributed by atoms with Crippen molar-refractivity contribution in [2.45, 2.75) is 37.6 Å². The number of piperidine rings is 2. The Hall–Kier alpha value is 0.350. The first-order valence-corrected chi connectivity index (χ1v) is 7.35. The molecule has 2 aliphatic rings. The van der Waals surface area contributed by atoms with Crippen molar-refractivity contribution in [2.24, 2.45) is 0 Å². The largest absolute Gasteiger partial charge is 0.301 e. The number of nitrogens with zero attached hydrogens (tertiary/aromatic N) is 2. The minimum Gasteiger partial charge on any atom is -0.301 e. The van der Waals surface area contributed by atoms with Crippen LogP contribution < -0.4 is 0 Å². The van der Waals surface area contributed by atoms with E-state index in [0.29, 0.717) is 5.54 Å². The van der Waals surface area contributed by atoms with E-state index in [9.17, 15) is 0 Å². The number of hydrogen-bond donors (Lipinski definition) is 0. The maximum absolute atomic E-state index is 2.65. The van der Waals surface area contributed by atoms with E-state index < -0.39 is 0 Å². The van der Waals surface area contributed by atoms with Crippen molar-refractivity contribution < 1.29 is 0 Å². The van der Waals surface area contributed by atoms with Crippen molar-refractivity contribution in [3.05, 3.63) is 0 Å². The lowest BCUT2D eigenvalue weighted by Gasteiger charge is -2.50. The maximum Gasteiger partial charge on any atom is 0.0231 e. The number of likely N-dealkylation sites (tertiary alicyclic amines) is 1. The van der Waals surface area contributed by atoms with Crippen molar-refractivity contribution in [1.82, 2.24) is 9.57 Å². The van der Waals surface area contributed by atoms with Gasteiger partial charge >= 0.3 is 0 Å². The molecule has 14 heavy (non-hydrogen) atoms. The predicted octanol–water partition coefficient (Wildman–Crippen LogP) is 2.16. The molecule has 2 heterocycles. The molecule has 3 heteroatoms. The van der Waals surface area contributed by atoms with Crippen LogP contribution in [-0.4, -0.2) is 48.5 Å². The van der Waals surface area contributed by atoms with E-state index in [-0.39, 0.29) is 0 Å². The fraction of sp³-hybridized carbons (Fsp3) is 1.00. The molecular weight excluding hydrogens is 191 g/mol. The Labute approximate surface area is 89.9 Å². The van der Waals surface area contributed by atoms with Gasteiger partial charge < -0.3 is 4.90 Å². The Morgan fingerprint density at radius 1 is 1.00 bits per heavy atom. The van der Waals surface area contributed by atoms with Crippen LogP contribution in [0.25, 0.3) is 0 Å². The molecule has 1 spiro atoms. The molecule has 2 saturated heterocycles. The van der Waals surface area contributed by atoms with Gasteiger partial charge in [0.25, 0.3) is 0 Å². The van der Waals surface area contributed by atoms with Gasteiger partial charge in [-0.1, -0.05) is 15.2 Å². The van der Waals surface area contributed by atoms with E-state index in [1.807, 2.05) is 0 Å². The van der Waals surface area contributed by atoms with Gasteiger partial charge in [0.2, 0.25) is 0 Å². The molecule has 0 aliphatic carbocycles. The monoisotopic (exact) mass is 214 g/mol. The molecule has 0 aromatic rings. The first-order valence-electron chi connectivity index (χ1n) is 5.90. The fourth-order valence-electron chi connectivity index (χ4n) is 3.01. The van der Waals surface area contributed by atoms with Crippen molar-refractivity contribution in [3.8, 4) is 0 Å². The number of hydrogen-bond acceptors (Lipinski definition) is 2. The van der Waals surface area contributed by atoms with E-state index in [1.165, 1.54) is 51.7 Å². The first kappa shape index (κ1) is 10.9. The third kappa shape index (κ3) is 1.98. The van der Waals surface area contributed by atoms with Crippen molar-refractivity contribution in [1.29, 1.82) is 0 Å². The first-order chi connectivity index (χ1) is 6.77. The van der Waals surface area contributed by atoms with Gasteiger partial charge in [0.15, 0.2) is 0 Å². The summed E-state index contributed by atoms with van der Waals surface area (Å²) in [5.74, 6) is 0. The second-order valence-corrected chi connectivity index (χ2v) is 5.89. The Kier molecular flexibility index (Phi) is 3.46. The van der Waals surface area contributed by atoms with Crippen LogP contribution in [0.3, 0.4) is 0 Å². The Morgan fingerprint density at radius 3 is 2.29 bits per heavy atom. The Balaban J connectivity index is 1.96. The van der Waals surface area contributed by atoms with E-state index in [1.54, 1.807) is 0 Å². The summed E-state index contributed by atoms with van der Waals surface area (Å²) in [6.07, 6.45) is 7.13. The molecule has 0 aromatic heterocycles. The smallest absolute Gasteiger partial charge is 0.0231 e. The zero-order chi connectivity index (χ0) is 10.0. The molecule has 0 N–H and O–H groups in total. The van der Waals surface area contributed by atoms with Crippen LogP contribution in [0.4, 0.5) is 0 Å². The highest BCUT2D eigenvalue weighted by Crippen LogP contribution is 2.37. The van der Waals surface area contributed by atoms with Crippen LogP contribution in [-0.2, 0) is 0 Å². The summed E-state index contributed by atoms with van der Waals surface area (Å²) < 4.78 is 2.62. The van der Waals surface area contributed by atoms with Gasteiger partial charge in [0.05, 0.1) is 0 Å². The normalized spacial score (nSPS) is 30.4. The summed E-state index contributed by atoms with van der Waals surface area (Å²) in [5, 5.41) is 0. The lowest BCUT2D eigenvalue weighted by molar-refractivity contribution is 0.0292. The highest BCUT2D eigenvalue weighted by Gasteiger charge is 2.38. The predicted molar refractivity (Wildman–Crippen MR) is 64.3 cm³/mol. The van der Waals surface area contributed by atoms with E-state index in [2.05, 4.69) is 23.3 Å². The van der Waals surface area contributed by atoms with E-state index >= 15 is 0 Å². The summed E-state index contributed by atoms with van der Waals surface area (Å²) in [7, 11) is 3.35. The van der Waals surface area contributed by atoms with Gasteiger partial charge in [-0.25, -0.2) is 0 Å². The van der Waals surface area contributed by atoms with Crippen molar-refractivity contribution >= 4 is 8.73 Å². The maximum atomic E-state index is 2.65. The molecule has 0 saturated carbocycles. The Bertz CT molecular complexity index is 188.